The summed E-state index contributed by atoms with van der Waals surface area (Å²) in [5, 5.41) is 8.66. The van der Waals surface area contributed by atoms with Gasteiger partial charge in [0.2, 0.25) is 0 Å². The van der Waals surface area contributed by atoms with E-state index in [1.165, 1.54) is 12.0 Å². The maximum atomic E-state index is 12.2. The Morgan fingerprint density at radius 3 is 2.57 bits per heavy atom. The van der Waals surface area contributed by atoms with Gasteiger partial charge in [0.25, 0.3) is 0 Å². The standard InChI is InChI=1S/C15H24N2O4/c1-15(2,3)21-14(19)17-9-7-11(6-5-8-16)10-12(17)13(18)20-4/h11-12H,5-7,9-10H2,1-4H3. The van der Waals surface area contributed by atoms with E-state index in [0.29, 0.717) is 19.4 Å². The topological polar surface area (TPSA) is 79.6 Å². The van der Waals surface area contributed by atoms with Gasteiger partial charge in [0.05, 0.1) is 13.2 Å². The lowest BCUT2D eigenvalue weighted by molar-refractivity contribution is -0.148. The van der Waals surface area contributed by atoms with Crippen molar-refractivity contribution < 1.29 is 19.1 Å². The molecule has 0 aromatic carbocycles. The van der Waals surface area contributed by atoms with Crippen LogP contribution in [-0.4, -0.2) is 42.3 Å². The molecule has 2 unspecified atom stereocenters. The van der Waals surface area contributed by atoms with E-state index >= 15 is 0 Å². The van der Waals surface area contributed by atoms with Crippen molar-refractivity contribution in [3.8, 4) is 6.07 Å². The van der Waals surface area contributed by atoms with E-state index < -0.39 is 23.7 Å². The fraction of sp³-hybridized carbons (Fsp3) is 0.800. The Kier molecular flexibility index (Phi) is 6.01. The van der Waals surface area contributed by atoms with Crippen LogP contribution in [0.2, 0.25) is 0 Å². The molecule has 1 fully saturated rings. The summed E-state index contributed by atoms with van der Waals surface area (Å²) < 4.78 is 10.1. The maximum Gasteiger partial charge on any atom is 0.411 e. The molecule has 0 spiro atoms. The van der Waals surface area contributed by atoms with Crippen LogP contribution in [0.4, 0.5) is 4.79 Å². The van der Waals surface area contributed by atoms with E-state index in [9.17, 15) is 9.59 Å². The number of methoxy groups -OCH3 is 1. The summed E-state index contributed by atoms with van der Waals surface area (Å²) in [4.78, 5) is 25.6. The SMILES string of the molecule is COC(=O)C1CC(CCC#N)CCN1C(=O)OC(C)(C)C. The first-order valence-electron chi connectivity index (χ1n) is 7.23. The second kappa shape index (κ2) is 7.30. The lowest BCUT2D eigenvalue weighted by atomic mass is 9.87. The highest BCUT2D eigenvalue weighted by atomic mass is 16.6. The average molecular weight is 296 g/mol. The Labute approximate surface area is 126 Å². The molecule has 1 saturated heterocycles. The monoisotopic (exact) mass is 296 g/mol. The second-order valence-electron chi connectivity index (χ2n) is 6.30. The zero-order valence-electron chi connectivity index (χ0n) is 13.2. The number of hydrogen-bond acceptors (Lipinski definition) is 5. The van der Waals surface area contributed by atoms with Crippen LogP contribution in [0.3, 0.4) is 0 Å². The van der Waals surface area contributed by atoms with Crippen LogP contribution in [-0.2, 0) is 14.3 Å². The van der Waals surface area contributed by atoms with Crippen LogP contribution in [0.1, 0.15) is 46.5 Å². The molecule has 6 heteroatoms. The molecule has 6 nitrogen and oxygen atoms in total. The zero-order valence-corrected chi connectivity index (χ0v) is 13.2. The number of amides is 1. The molecule has 1 heterocycles. The quantitative estimate of drug-likeness (QED) is 0.747. The second-order valence-corrected chi connectivity index (χ2v) is 6.30. The first kappa shape index (κ1) is 17.3. The summed E-state index contributed by atoms with van der Waals surface area (Å²) in [7, 11) is 1.31. The summed E-state index contributed by atoms with van der Waals surface area (Å²) in [5.74, 6) is -0.171. The number of rotatable bonds is 3. The minimum atomic E-state index is -0.623. The summed E-state index contributed by atoms with van der Waals surface area (Å²) in [6.07, 6.45) is 2.01. The third kappa shape index (κ3) is 5.25. The summed E-state index contributed by atoms with van der Waals surface area (Å²) in [6.45, 7) is 5.82. The van der Waals surface area contributed by atoms with Gasteiger partial charge in [-0.2, -0.15) is 5.26 Å². The van der Waals surface area contributed by atoms with E-state index in [-0.39, 0.29) is 5.92 Å². The molecule has 0 bridgehead atoms. The van der Waals surface area contributed by atoms with Crippen LogP contribution < -0.4 is 0 Å². The highest BCUT2D eigenvalue weighted by Gasteiger charge is 2.38. The molecule has 1 aliphatic heterocycles. The van der Waals surface area contributed by atoms with Crippen molar-refractivity contribution in [3.05, 3.63) is 0 Å². The fourth-order valence-electron chi connectivity index (χ4n) is 2.47. The summed E-state index contributed by atoms with van der Waals surface area (Å²) in [6, 6.07) is 1.49. The Balaban J connectivity index is 2.77. The summed E-state index contributed by atoms with van der Waals surface area (Å²) >= 11 is 0. The Morgan fingerprint density at radius 2 is 2.05 bits per heavy atom. The minimum Gasteiger partial charge on any atom is -0.467 e. The first-order valence-corrected chi connectivity index (χ1v) is 7.23. The van der Waals surface area contributed by atoms with Crippen LogP contribution in [0, 0.1) is 17.2 Å². The smallest absolute Gasteiger partial charge is 0.411 e. The molecular weight excluding hydrogens is 272 g/mol. The van der Waals surface area contributed by atoms with Gasteiger partial charge in [0, 0.05) is 13.0 Å². The van der Waals surface area contributed by atoms with Crippen molar-refractivity contribution >= 4 is 12.1 Å². The van der Waals surface area contributed by atoms with Gasteiger partial charge in [-0.1, -0.05) is 0 Å². The molecule has 21 heavy (non-hydrogen) atoms. The fourth-order valence-corrected chi connectivity index (χ4v) is 2.47. The molecule has 1 rings (SSSR count). The third-order valence-electron chi connectivity index (χ3n) is 3.48. The van der Waals surface area contributed by atoms with Crippen LogP contribution >= 0.6 is 0 Å². The van der Waals surface area contributed by atoms with Gasteiger partial charge in [0.15, 0.2) is 0 Å². The molecular formula is C15H24N2O4. The van der Waals surface area contributed by atoms with E-state index in [0.717, 1.165) is 12.8 Å². The largest absolute Gasteiger partial charge is 0.467 e. The van der Waals surface area contributed by atoms with Gasteiger partial charge in [-0.05, 0) is 46.0 Å². The molecule has 0 radical (unpaired) electrons. The van der Waals surface area contributed by atoms with Crippen molar-refractivity contribution in [1.82, 2.24) is 4.90 Å². The normalized spacial score (nSPS) is 22.3. The molecule has 0 aromatic rings. The predicted molar refractivity (Wildman–Crippen MR) is 76.3 cm³/mol. The van der Waals surface area contributed by atoms with Crippen LogP contribution in [0.5, 0.6) is 0 Å². The van der Waals surface area contributed by atoms with Gasteiger partial charge in [-0.3, -0.25) is 4.90 Å². The Morgan fingerprint density at radius 1 is 1.38 bits per heavy atom. The lowest BCUT2D eigenvalue weighted by Gasteiger charge is -2.38. The molecule has 1 amide bonds. The number of piperidine rings is 1. The number of carbonyl (C=O) groups is 2. The number of nitriles is 1. The Bertz CT molecular complexity index is 422. The van der Waals surface area contributed by atoms with Crippen molar-refractivity contribution in [3.63, 3.8) is 0 Å². The number of likely N-dealkylation sites (tertiary alicyclic amines) is 1. The highest BCUT2D eigenvalue weighted by molar-refractivity contribution is 5.81. The Hall–Kier alpha value is -1.77. The van der Waals surface area contributed by atoms with E-state index in [4.69, 9.17) is 14.7 Å². The van der Waals surface area contributed by atoms with Crippen molar-refractivity contribution in [2.75, 3.05) is 13.7 Å². The molecule has 2 atom stereocenters. The number of nitrogens with zero attached hydrogens (tertiary/aromatic N) is 2. The molecule has 1 aliphatic rings. The van der Waals surface area contributed by atoms with Crippen molar-refractivity contribution in [2.45, 2.75) is 58.1 Å². The summed E-state index contributed by atoms with van der Waals surface area (Å²) in [5.41, 5.74) is -0.602. The predicted octanol–water partition coefficient (Wildman–Crippen LogP) is 2.48. The first-order chi connectivity index (χ1) is 9.78. The average Bonchev–Trinajstić information content (AvgIpc) is 2.42. The van der Waals surface area contributed by atoms with E-state index in [2.05, 4.69) is 6.07 Å². The van der Waals surface area contributed by atoms with Crippen LogP contribution in [0.15, 0.2) is 0 Å². The maximum absolute atomic E-state index is 12.2. The molecule has 0 N–H and O–H groups in total. The van der Waals surface area contributed by atoms with Gasteiger partial charge >= 0.3 is 12.1 Å². The molecule has 0 aliphatic carbocycles. The van der Waals surface area contributed by atoms with Gasteiger partial charge in [0.1, 0.15) is 11.6 Å². The highest BCUT2D eigenvalue weighted by Crippen LogP contribution is 2.28. The number of hydrogen-bond donors (Lipinski definition) is 0. The molecule has 0 saturated carbocycles. The number of carbonyl (C=O) groups excluding carboxylic acids is 2. The van der Waals surface area contributed by atoms with E-state index in [1.807, 2.05) is 0 Å². The third-order valence-corrected chi connectivity index (χ3v) is 3.48. The lowest BCUT2D eigenvalue weighted by Crippen LogP contribution is -2.51. The minimum absolute atomic E-state index is 0.257. The zero-order chi connectivity index (χ0) is 16.0. The van der Waals surface area contributed by atoms with Gasteiger partial charge < -0.3 is 9.47 Å². The molecule has 0 aromatic heterocycles. The van der Waals surface area contributed by atoms with Gasteiger partial charge in [-0.25, -0.2) is 9.59 Å². The van der Waals surface area contributed by atoms with Gasteiger partial charge in [-0.15, -0.1) is 0 Å². The molecule has 118 valence electrons. The van der Waals surface area contributed by atoms with Crippen molar-refractivity contribution in [1.29, 1.82) is 5.26 Å². The number of esters is 1. The van der Waals surface area contributed by atoms with Crippen molar-refractivity contribution in [2.24, 2.45) is 5.92 Å². The van der Waals surface area contributed by atoms with E-state index in [1.54, 1.807) is 20.8 Å². The number of ether oxygens (including phenoxy) is 2. The van der Waals surface area contributed by atoms with Crippen LogP contribution in [0.25, 0.3) is 0 Å².